The van der Waals surface area contributed by atoms with Crippen LogP contribution in [0.2, 0.25) is 0 Å². The maximum atomic E-state index is 6.50. The van der Waals surface area contributed by atoms with Crippen LogP contribution in [0.15, 0.2) is 121 Å². The van der Waals surface area contributed by atoms with Crippen molar-refractivity contribution in [1.82, 2.24) is 0 Å². The van der Waals surface area contributed by atoms with Gasteiger partial charge in [0.1, 0.15) is 18.3 Å². The van der Waals surface area contributed by atoms with Gasteiger partial charge in [0, 0.05) is 0 Å². The Kier molecular flexibility index (Phi) is 10.9. The minimum atomic E-state index is -0.550. The average Bonchev–Trinajstić information content (AvgIpc) is 3.35. The molecule has 40 heavy (non-hydrogen) atoms. The van der Waals surface area contributed by atoms with Gasteiger partial charge in [0.05, 0.1) is 33.0 Å². The van der Waals surface area contributed by atoms with Crippen molar-refractivity contribution >= 4 is 0 Å². The lowest BCUT2D eigenvalue weighted by Gasteiger charge is -2.25. The summed E-state index contributed by atoms with van der Waals surface area (Å²) in [6, 6.07) is 41.0. The predicted molar refractivity (Wildman–Crippen MR) is 156 cm³/mol. The molecule has 1 saturated heterocycles. The van der Waals surface area contributed by atoms with Crippen molar-refractivity contribution in [3.63, 3.8) is 0 Å². The first-order valence-corrected chi connectivity index (χ1v) is 14.1. The van der Waals surface area contributed by atoms with Crippen molar-refractivity contribution in [3.8, 4) is 0 Å². The Labute approximate surface area is 237 Å². The molecule has 1 heterocycles. The SMILES string of the molecule is c1ccc(CCCO[C@H]2O[C@H](COCc3ccccc3)[C@@H](OCc3ccccc3)[C@H]2OCc2ccccc2)cc1. The lowest BCUT2D eigenvalue weighted by atomic mass is 10.1. The van der Waals surface area contributed by atoms with Crippen molar-refractivity contribution < 1.29 is 23.7 Å². The summed E-state index contributed by atoms with van der Waals surface area (Å²) in [5, 5.41) is 0. The van der Waals surface area contributed by atoms with E-state index in [-0.39, 0.29) is 12.2 Å². The number of rotatable bonds is 15. The fourth-order valence-corrected chi connectivity index (χ4v) is 4.86. The van der Waals surface area contributed by atoms with Crippen LogP contribution < -0.4 is 0 Å². The second-order valence-corrected chi connectivity index (χ2v) is 10.0. The Morgan fingerprint density at radius 2 is 0.975 bits per heavy atom. The van der Waals surface area contributed by atoms with Gasteiger partial charge < -0.3 is 23.7 Å². The minimum absolute atomic E-state index is 0.327. The molecule has 0 radical (unpaired) electrons. The summed E-state index contributed by atoms with van der Waals surface area (Å²) >= 11 is 0. The third-order valence-electron chi connectivity index (χ3n) is 6.97. The highest BCUT2D eigenvalue weighted by Crippen LogP contribution is 2.30. The molecule has 4 atom stereocenters. The maximum Gasteiger partial charge on any atom is 0.186 e. The van der Waals surface area contributed by atoms with Gasteiger partial charge in [-0.2, -0.15) is 0 Å². The van der Waals surface area contributed by atoms with Gasteiger partial charge in [-0.05, 0) is 35.1 Å². The Bertz CT molecular complexity index is 1220. The molecule has 208 valence electrons. The van der Waals surface area contributed by atoms with E-state index < -0.39 is 12.4 Å². The van der Waals surface area contributed by atoms with Crippen LogP contribution in [0, 0.1) is 0 Å². The van der Waals surface area contributed by atoms with E-state index in [2.05, 4.69) is 60.7 Å². The number of aryl methyl sites for hydroxylation is 1. The van der Waals surface area contributed by atoms with Crippen LogP contribution in [0.1, 0.15) is 28.7 Å². The first-order valence-electron chi connectivity index (χ1n) is 14.1. The molecular weight excluding hydrogens is 500 g/mol. The van der Waals surface area contributed by atoms with Crippen LogP contribution in [-0.4, -0.2) is 37.8 Å². The van der Waals surface area contributed by atoms with Crippen LogP contribution >= 0.6 is 0 Å². The molecule has 1 aliphatic rings. The van der Waals surface area contributed by atoms with Gasteiger partial charge in [-0.3, -0.25) is 0 Å². The third kappa shape index (κ3) is 8.59. The number of ether oxygens (including phenoxy) is 5. The number of benzene rings is 4. The average molecular weight is 539 g/mol. The molecular formula is C35H38O5. The zero-order valence-electron chi connectivity index (χ0n) is 22.8. The molecule has 0 amide bonds. The zero-order chi connectivity index (χ0) is 27.2. The molecule has 5 nitrogen and oxygen atoms in total. The predicted octanol–water partition coefficient (Wildman–Crippen LogP) is 6.75. The lowest BCUT2D eigenvalue weighted by Crippen LogP contribution is -2.39. The molecule has 0 aromatic heterocycles. The molecule has 0 spiro atoms. The first-order chi connectivity index (χ1) is 19.8. The van der Waals surface area contributed by atoms with Crippen LogP contribution in [-0.2, 0) is 49.9 Å². The molecule has 0 N–H and O–H groups in total. The summed E-state index contributed by atoms with van der Waals surface area (Å²) in [5.41, 5.74) is 4.61. The molecule has 5 rings (SSSR count). The van der Waals surface area contributed by atoms with Crippen molar-refractivity contribution in [2.75, 3.05) is 13.2 Å². The summed E-state index contributed by atoms with van der Waals surface area (Å²) < 4.78 is 31.9. The summed E-state index contributed by atoms with van der Waals surface area (Å²) in [7, 11) is 0. The van der Waals surface area contributed by atoms with Crippen LogP contribution in [0.3, 0.4) is 0 Å². The monoisotopic (exact) mass is 538 g/mol. The molecule has 0 bridgehead atoms. The van der Waals surface area contributed by atoms with Crippen molar-refractivity contribution in [2.24, 2.45) is 0 Å². The van der Waals surface area contributed by atoms with E-state index >= 15 is 0 Å². The van der Waals surface area contributed by atoms with E-state index in [1.54, 1.807) is 0 Å². The first kappa shape index (κ1) is 28.2. The largest absolute Gasteiger partial charge is 0.374 e. The van der Waals surface area contributed by atoms with Gasteiger partial charge in [-0.1, -0.05) is 121 Å². The van der Waals surface area contributed by atoms with Crippen LogP contribution in [0.5, 0.6) is 0 Å². The molecule has 1 aliphatic heterocycles. The highest BCUT2D eigenvalue weighted by molar-refractivity contribution is 5.16. The zero-order valence-corrected chi connectivity index (χ0v) is 22.8. The normalized spacial score (nSPS) is 20.5. The van der Waals surface area contributed by atoms with E-state index in [4.69, 9.17) is 23.7 Å². The second-order valence-electron chi connectivity index (χ2n) is 10.0. The Hall–Kier alpha value is -3.32. The number of hydrogen-bond donors (Lipinski definition) is 0. The lowest BCUT2D eigenvalue weighted by molar-refractivity contribution is -0.185. The smallest absolute Gasteiger partial charge is 0.186 e. The molecule has 0 unspecified atom stereocenters. The molecule has 0 saturated carbocycles. The molecule has 0 aliphatic carbocycles. The van der Waals surface area contributed by atoms with Gasteiger partial charge in [-0.15, -0.1) is 0 Å². The summed E-state index contributed by atoms with van der Waals surface area (Å²) in [5.74, 6) is 0. The maximum absolute atomic E-state index is 6.50. The van der Waals surface area contributed by atoms with E-state index in [0.29, 0.717) is 33.0 Å². The van der Waals surface area contributed by atoms with Gasteiger partial charge in [0.25, 0.3) is 0 Å². The van der Waals surface area contributed by atoms with Gasteiger partial charge in [0.2, 0.25) is 0 Å². The molecule has 5 heteroatoms. The quantitative estimate of drug-likeness (QED) is 0.157. The molecule has 1 fully saturated rings. The fraction of sp³-hybridized carbons (Fsp3) is 0.314. The van der Waals surface area contributed by atoms with E-state index in [1.165, 1.54) is 5.56 Å². The third-order valence-corrected chi connectivity index (χ3v) is 6.97. The minimum Gasteiger partial charge on any atom is -0.374 e. The highest BCUT2D eigenvalue weighted by atomic mass is 16.7. The molecule has 4 aromatic carbocycles. The van der Waals surface area contributed by atoms with Crippen molar-refractivity contribution in [2.45, 2.75) is 57.3 Å². The van der Waals surface area contributed by atoms with Crippen LogP contribution in [0.25, 0.3) is 0 Å². The Balaban J connectivity index is 1.26. The topological polar surface area (TPSA) is 46.2 Å². The van der Waals surface area contributed by atoms with Crippen molar-refractivity contribution in [1.29, 1.82) is 0 Å². The second kappa shape index (κ2) is 15.5. The highest BCUT2D eigenvalue weighted by Gasteiger charge is 2.47. The van der Waals surface area contributed by atoms with E-state index in [1.807, 2.05) is 60.7 Å². The Morgan fingerprint density at radius 3 is 1.52 bits per heavy atom. The summed E-state index contributed by atoms with van der Waals surface area (Å²) in [6.07, 6.45) is 0.211. The molecule has 4 aromatic rings. The van der Waals surface area contributed by atoms with E-state index in [0.717, 1.165) is 29.5 Å². The fourth-order valence-electron chi connectivity index (χ4n) is 4.86. The standard InChI is InChI=1S/C35H38O5/c1-5-14-28(15-6-1)22-13-23-37-35-34(39-26-31-20-11-4-12-21-31)33(38-25-30-18-9-3-10-19-30)32(40-35)27-36-24-29-16-7-2-8-17-29/h1-12,14-21,32-35H,13,22-27H2/t32-,33-,34-,35+/m1/s1. The van der Waals surface area contributed by atoms with Gasteiger partial charge in [0.15, 0.2) is 6.29 Å². The van der Waals surface area contributed by atoms with Crippen molar-refractivity contribution in [3.05, 3.63) is 144 Å². The Morgan fingerprint density at radius 1 is 0.500 bits per heavy atom. The van der Waals surface area contributed by atoms with E-state index in [9.17, 15) is 0 Å². The summed E-state index contributed by atoms with van der Waals surface area (Å²) in [6.45, 7) is 2.35. The van der Waals surface area contributed by atoms with Crippen LogP contribution in [0.4, 0.5) is 0 Å². The number of hydrogen-bond acceptors (Lipinski definition) is 5. The van der Waals surface area contributed by atoms with Gasteiger partial charge >= 0.3 is 0 Å². The van der Waals surface area contributed by atoms with Gasteiger partial charge in [-0.25, -0.2) is 0 Å². The summed E-state index contributed by atoms with van der Waals surface area (Å²) in [4.78, 5) is 0.